The molecule has 0 saturated carbocycles. The van der Waals surface area contributed by atoms with E-state index in [-0.39, 0.29) is 77.8 Å². The average molecular weight is 1790 g/mol. The molecular weight excluding hydrogens is 1550 g/mol. The third kappa shape index (κ3) is 41.2. The number of benzene rings is 8. The van der Waals surface area contributed by atoms with Gasteiger partial charge in [-0.3, -0.25) is 0 Å². The predicted octanol–water partition coefficient (Wildman–Crippen LogP) is 40.7. The van der Waals surface area contributed by atoms with Crippen molar-refractivity contribution in [2.24, 2.45) is 34.0 Å². The van der Waals surface area contributed by atoms with Crippen molar-refractivity contribution in [1.29, 1.82) is 0 Å². The molecule has 129 heavy (non-hydrogen) atoms. The van der Waals surface area contributed by atoms with Gasteiger partial charge in [0.05, 0.1) is 0 Å². The monoisotopic (exact) mass is 1790 g/mol. The Hall–Kier alpha value is -6.24. The molecule has 3 atom stereocenters. The largest absolute Gasteiger partial charge is 0.0648 e. The second-order valence-electron chi connectivity index (χ2n) is 48.8. The maximum absolute atomic E-state index is 9.07. The summed E-state index contributed by atoms with van der Waals surface area (Å²) in [6.07, 6.45) is -8.06. The lowest BCUT2D eigenvalue weighted by atomic mass is 9.69. The summed E-state index contributed by atoms with van der Waals surface area (Å²) in [6, 6.07) is 52.0. The molecular formula is C129H210. The van der Waals surface area contributed by atoms with Gasteiger partial charge in [0.25, 0.3) is 0 Å². The van der Waals surface area contributed by atoms with Crippen LogP contribution in [0.25, 0.3) is 0 Å². The van der Waals surface area contributed by atoms with Crippen molar-refractivity contribution >= 4 is 0 Å². The highest BCUT2D eigenvalue weighted by atomic mass is 14.4. The zero-order chi connectivity index (χ0) is 129. The fourth-order valence-electron chi connectivity index (χ4n) is 15.5. The summed E-state index contributed by atoms with van der Waals surface area (Å²) in [5.41, 5.74) is 12.2. The van der Waals surface area contributed by atoms with E-state index in [2.05, 4.69) is 216 Å². The lowest BCUT2D eigenvalue weighted by molar-refractivity contribution is 0.334. The molecule has 8 rings (SSSR count). The Bertz CT molecular complexity index is 5800. The Morgan fingerprint density at radius 3 is 0.876 bits per heavy atom. The molecule has 0 heteroatoms. The first-order chi connectivity index (χ1) is 70.4. The van der Waals surface area contributed by atoms with Crippen LogP contribution in [-0.2, 0) is 74.2 Å². The number of rotatable bonds is 15. The Kier molecular flexibility index (Phi) is 29.4. The van der Waals surface area contributed by atoms with E-state index in [0.29, 0.717) is 5.56 Å². The van der Waals surface area contributed by atoms with E-state index in [4.69, 9.17) is 43.9 Å². The van der Waals surface area contributed by atoms with Gasteiger partial charge >= 0.3 is 0 Å². The number of hydrogen-bond donors (Lipinski definition) is 0. The van der Waals surface area contributed by atoms with Gasteiger partial charge in [0.2, 0.25) is 0 Å². The molecule has 0 fully saturated rings. The molecule has 0 aliphatic heterocycles. The molecule has 0 aliphatic rings. The van der Waals surface area contributed by atoms with E-state index in [1.807, 2.05) is 223 Å². The molecule has 0 aliphatic carbocycles. The van der Waals surface area contributed by atoms with E-state index in [1.165, 1.54) is 34.9 Å². The van der Waals surface area contributed by atoms with E-state index < -0.39 is 135 Å². The van der Waals surface area contributed by atoms with Gasteiger partial charge in [0.15, 0.2) is 0 Å². The van der Waals surface area contributed by atoms with Crippen LogP contribution >= 0.6 is 0 Å². The normalized spacial score (nSPS) is 19.2. The van der Waals surface area contributed by atoms with Crippen LogP contribution in [0.1, 0.15) is 576 Å². The van der Waals surface area contributed by atoms with Crippen LogP contribution in [0.15, 0.2) is 170 Å². The lowest BCUT2D eigenvalue weighted by Crippen LogP contribution is -2.24. The first-order valence-electron chi connectivity index (χ1n) is 63.4. The third-order valence-electron chi connectivity index (χ3n) is 21.9. The highest BCUT2D eigenvalue weighted by Crippen LogP contribution is 2.46. The van der Waals surface area contributed by atoms with Crippen LogP contribution in [0.2, 0.25) is 0 Å². The Balaban J connectivity index is 0.000000929. The first-order valence-corrected chi connectivity index (χ1v) is 47.4. The quantitative estimate of drug-likeness (QED) is 0.0960. The van der Waals surface area contributed by atoms with Gasteiger partial charge in [-0.1, -0.05) is 543 Å². The van der Waals surface area contributed by atoms with Gasteiger partial charge in [0, 0.05) is 43.9 Å². The number of hydrogen-bond acceptors (Lipinski definition) is 0. The van der Waals surface area contributed by atoms with Gasteiger partial charge in [-0.15, -0.1) is 0 Å². The van der Waals surface area contributed by atoms with Crippen molar-refractivity contribution in [3.05, 3.63) is 281 Å². The molecule has 0 aromatic heterocycles. The molecule has 0 amide bonds. The van der Waals surface area contributed by atoms with Crippen LogP contribution in [0.4, 0.5) is 0 Å². The van der Waals surface area contributed by atoms with Crippen LogP contribution in [0.5, 0.6) is 0 Å². The standard InChI is InChI=1S/C21H36.C19H32.2C17H28.C15H24.C14H22.2C13H20/c1-15(20(5,6)7)17-13-11-12-16(14-19(2,3)4)18(17)21(8,9)10;1-13(2)12-16-10-9-11-17(15(5)14(3)4)18(16)19(6,7)8;1-12(2)13-10-9-11-14(16(3,4)5)15(13)17(6,7)8;1-8-13(4)15-11-9-10-14(12(2)3)16(15)17(5,6)7;1-14(2,3)11-12-9-7-8-10-13(12)15(4,5)6;1-11(2)10-12-8-6-7-9-13(12)14(3,4)5;2*1-10(2)11-8-6-7-9-12(11)13(3,4)5/h11-13,15H,14H2,1-10H3;9-11,13-15H,12H2,1-8H3;9-12H,1-8H3;9-13H,8H2,1-7H3;7-10H,11H2,1-6H3;6-9,11H,10H2,1-5H3;2*6-10H,1-5H3/i14D2,15D;12D2,15D;12D;2D3,3D3,4D3,8D2,12D,13D;11D2;10D2;1D3,2D3,10D;10D. The second-order valence-corrected chi connectivity index (χ2v) is 48.8. The van der Waals surface area contributed by atoms with E-state index in [0.717, 1.165) is 79.8 Å². The van der Waals surface area contributed by atoms with Crippen molar-refractivity contribution in [3.8, 4) is 0 Å². The Morgan fingerprint density at radius 1 is 0.248 bits per heavy atom. The molecule has 0 saturated heterocycles. The highest BCUT2D eigenvalue weighted by Gasteiger charge is 2.34. The first kappa shape index (κ1) is 76.0. The zero-order valence-electron chi connectivity index (χ0n) is 123. The summed E-state index contributed by atoms with van der Waals surface area (Å²) in [5, 5.41) is 0. The van der Waals surface area contributed by atoms with Gasteiger partial charge in [0.1, 0.15) is 0 Å². The molecule has 8 aromatic rings. The second kappa shape index (κ2) is 49.8. The predicted molar refractivity (Wildman–Crippen MR) is 589 cm³/mol. The Labute approximate surface area is 850 Å². The summed E-state index contributed by atoms with van der Waals surface area (Å²) in [5.74, 6) is -11.2. The molecule has 0 spiro atoms. The lowest BCUT2D eigenvalue weighted by Gasteiger charge is -2.35. The maximum Gasteiger partial charge on any atom is 0.0355 e. The molecule has 0 radical (unpaired) electrons. The summed E-state index contributed by atoms with van der Waals surface area (Å²) >= 11 is 0. The summed E-state index contributed by atoms with van der Waals surface area (Å²) < 4.78 is 260. The van der Waals surface area contributed by atoms with Crippen molar-refractivity contribution in [3.63, 3.8) is 0 Å². The van der Waals surface area contributed by atoms with Crippen LogP contribution in [0.3, 0.4) is 0 Å². The van der Waals surface area contributed by atoms with Crippen LogP contribution < -0.4 is 0 Å². The minimum atomic E-state index is -3.31. The van der Waals surface area contributed by atoms with Crippen molar-refractivity contribution in [2.75, 3.05) is 0 Å². The van der Waals surface area contributed by atoms with Crippen molar-refractivity contribution < 1.29 is 43.9 Å². The molecule has 0 N–H and O–H groups in total. The molecule has 0 heterocycles. The smallest absolute Gasteiger partial charge is 0.0355 e. The summed E-state index contributed by atoms with van der Waals surface area (Å²) in [6.45, 7) is 82.5. The summed E-state index contributed by atoms with van der Waals surface area (Å²) in [7, 11) is 0. The fourth-order valence-corrected chi connectivity index (χ4v) is 15.5. The highest BCUT2D eigenvalue weighted by molar-refractivity contribution is 5.48. The van der Waals surface area contributed by atoms with Gasteiger partial charge in [-0.05, 0) is 267 Å². The van der Waals surface area contributed by atoms with E-state index in [1.54, 1.807) is 39.0 Å². The third-order valence-corrected chi connectivity index (χ3v) is 21.9. The van der Waals surface area contributed by atoms with Crippen molar-refractivity contribution in [2.45, 2.75) is 495 Å². The molecule has 726 valence electrons. The van der Waals surface area contributed by atoms with Crippen LogP contribution in [0, 0.1) is 34.0 Å². The minimum Gasteiger partial charge on any atom is -0.0648 e. The minimum absolute atomic E-state index is 0.0150. The SMILES string of the molecule is [2H]C(C)(C)c1cccc(C(C)(C)C)c1C(C)(C)C.[2H]C(C)(C)c1ccccc1C(C)(C)C.[2H]C([2H])([2H])C([2H])(c1cccc(C([2H])(C([2H])([2H])[2H])C([2H])([2H])C)c1C(C)(C)C)C([2H])([2H])[2H].[2H]C([2H])([2H])C([2H])(c1ccccc1C(C)(C)C)C([2H])([2H])[2H].[2H]C([2H])(c1cccc(C([2H])(C)C(C)(C)C)c1C(C)(C)C)C(C)(C)C.[2H]C([2H])(c1cccc(C([2H])(C)C(C)C)c1C(C)(C)C)C(C)C.[2H]C([2H])(c1ccccc1C(C)(C)C)C(C)(C)C.[2H]C([2H])(c1ccccc1C(C)(C)C)C(C)C. The van der Waals surface area contributed by atoms with Gasteiger partial charge in [-0.25, -0.2) is 0 Å². The van der Waals surface area contributed by atoms with E-state index >= 15 is 0 Å². The molecule has 0 bridgehead atoms. The van der Waals surface area contributed by atoms with E-state index in [9.17, 15) is 0 Å². The van der Waals surface area contributed by atoms with Gasteiger partial charge < -0.3 is 0 Å². The zero-order valence-corrected chi connectivity index (χ0v) is 91.4. The maximum atomic E-state index is 9.07. The molecule has 3 unspecified atom stereocenters. The fraction of sp³-hybridized carbons (Fsp3) is 0.628. The van der Waals surface area contributed by atoms with Gasteiger partial charge in [-0.2, -0.15) is 0 Å². The average Bonchev–Trinajstić information content (AvgIpc) is 0.697. The Morgan fingerprint density at radius 2 is 0.527 bits per heavy atom. The summed E-state index contributed by atoms with van der Waals surface area (Å²) in [4.78, 5) is 0. The van der Waals surface area contributed by atoms with Crippen LogP contribution in [-0.4, -0.2) is 0 Å². The molecule has 0 nitrogen and oxygen atoms in total. The van der Waals surface area contributed by atoms with Crippen molar-refractivity contribution in [1.82, 2.24) is 0 Å². The molecule has 8 aromatic carbocycles. The topological polar surface area (TPSA) is 0 Å².